The second-order valence-electron chi connectivity index (χ2n) is 7.76. The molecule has 0 radical (unpaired) electrons. The molecule has 0 fully saturated rings. The smallest absolute Gasteiger partial charge is 0.292 e. The fourth-order valence-corrected chi connectivity index (χ4v) is 3.03. The number of aliphatic hydroxyl groups is 1. The van der Waals surface area contributed by atoms with Crippen molar-refractivity contribution in [2.24, 2.45) is 7.05 Å². The summed E-state index contributed by atoms with van der Waals surface area (Å²) in [7, 11) is 1.74. The molecule has 1 atom stereocenters. The van der Waals surface area contributed by atoms with E-state index in [1.165, 1.54) is 24.5 Å². The van der Waals surface area contributed by atoms with E-state index in [4.69, 9.17) is 14.0 Å². The van der Waals surface area contributed by atoms with Gasteiger partial charge in [0.25, 0.3) is 23.5 Å². The lowest BCUT2D eigenvalue weighted by Crippen LogP contribution is -2.23. The molecular formula is C23H24N8O6. The molecule has 0 aliphatic rings. The molecule has 192 valence electrons. The number of hydrogen-bond donors (Lipinski definition) is 3. The predicted octanol–water partition coefficient (Wildman–Crippen LogP) is 1.81. The molecule has 3 heterocycles. The summed E-state index contributed by atoms with van der Waals surface area (Å²) in [5, 5.41) is 22.4. The van der Waals surface area contributed by atoms with Crippen LogP contribution in [0.4, 0.5) is 5.82 Å². The van der Waals surface area contributed by atoms with E-state index in [-0.39, 0.29) is 41.2 Å². The predicted molar refractivity (Wildman–Crippen MR) is 128 cm³/mol. The number of hydrogen-bond acceptors (Lipinski definition) is 11. The quantitative estimate of drug-likeness (QED) is 0.284. The van der Waals surface area contributed by atoms with E-state index in [0.717, 1.165) is 0 Å². The Kier molecular flexibility index (Phi) is 7.68. The van der Waals surface area contributed by atoms with E-state index in [0.29, 0.717) is 18.1 Å². The summed E-state index contributed by atoms with van der Waals surface area (Å²) in [4.78, 5) is 37.0. The normalized spacial score (nSPS) is 11.6. The average Bonchev–Trinajstić information content (AvgIpc) is 3.54. The number of aliphatic hydroxyl groups excluding tert-OH is 1. The lowest BCUT2D eigenvalue weighted by molar-refractivity contribution is 0.0941. The summed E-state index contributed by atoms with van der Waals surface area (Å²) in [6.45, 7) is 3.66. The highest BCUT2D eigenvalue weighted by Gasteiger charge is 2.17. The van der Waals surface area contributed by atoms with Crippen molar-refractivity contribution in [2.75, 3.05) is 18.5 Å². The van der Waals surface area contributed by atoms with Crippen molar-refractivity contribution in [1.82, 2.24) is 35.2 Å². The molecule has 4 aromatic rings. The van der Waals surface area contributed by atoms with Crippen LogP contribution < -0.4 is 20.1 Å². The summed E-state index contributed by atoms with van der Waals surface area (Å²) in [6.07, 6.45) is 3.85. The highest BCUT2D eigenvalue weighted by molar-refractivity contribution is 6.04. The molecule has 0 bridgehead atoms. The Morgan fingerprint density at radius 1 is 1.16 bits per heavy atom. The number of aromatic nitrogens is 6. The number of nitrogens with zero attached hydrogens (tertiary/aromatic N) is 6. The van der Waals surface area contributed by atoms with Crippen molar-refractivity contribution >= 4 is 17.6 Å². The van der Waals surface area contributed by atoms with Gasteiger partial charge in [-0.2, -0.15) is 10.1 Å². The number of carbonyl (C=O) groups excluding carboxylic acids is 2. The topological polar surface area (TPSA) is 179 Å². The number of rotatable bonds is 10. The third-order valence-corrected chi connectivity index (χ3v) is 4.73. The molecule has 3 aromatic heterocycles. The molecule has 0 saturated heterocycles. The number of benzene rings is 1. The summed E-state index contributed by atoms with van der Waals surface area (Å²) in [6, 6.07) is 6.23. The van der Waals surface area contributed by atoms with Gasteiger partial charge in [0.1, 0.15) is 23.3 Å². The minimum atomic E-state index is -0.514. The Hall–Kier alpha value is -4.85. The molecule has 37 heavy (non-hydrogen) atoms. The maximum atomic E-state index is 12.8. The molecule has 14 nitrogen and oxygen atoms in total. The van der Waals surface area contributed by atoms with E-state index in [2.05, 4.69) is 35.8 Å². The van der Waals surface area contributed by atoms with Gasteiger partial charge in [-0.15, -0.1) is 0 Å². The largest absolute Gasteiger partial charge is 0.488 e. The molecule has 1 aromatic carbocycles. The maximum Gasteiger partial charge on any atom is 0.292 e. The fraction of sp³-hybridized carbons (Fsp3) is 0.261. The molecule has 0 unspecified atom stereocenters. The Morgan fingerprint density at radius 2 is 1.97 bits per heavy atom. The van der Waals surface area contributed by atoms with Crippen LogP contribution in [0.3, 0.4) is 0 Å². The second-order valence-corrected chi connectivity index (χ2v) is 7.76. The maximum absolute atomic E-state index is 12.8. The highest BCUT2D eigenvalue weighted by atomic mass is 16.5. The van der Waals surface area contributed by atoms with Gasteiger partial charge in [-0.1, -0.05) is 5.16 Å². The molecule has 4 rings (SSSR count). The zero-order chi connectivity index (χ0) is 26.4. The Labute approximate surface area is 210 Å². The lowest BCUT2D eigenvalue weighted by Gasteiger charge is -2.15. The lowest BCUT2D eigenvalue weighted by atomic mass is 10.2. The van der Waals surface area contributed by atoms with Gasteiger partial charge in [-0.3, -0.25) is 14.3 Å². The second kappa shape index (κ2) is 11.3. The number of carbonyl (C=O) groups is 2. The first-order valence-corrected chi connectivity index (χ1v) is 11.2. The molecule has 14 heteroatoms. The number of amides is 2. The summed E-state index contributed by atoms with van der Waals surface area (Å²) >= 11 is 0. The average molecular weight is 508 g/mol. The molecule has 2 amide bonds. The SMILES string of the molecule is CCNC(=O)c1noc(-c2cnc(Oc3cc(O[C@@H](C)CO)cc(C(=O)Nc4ccn(C)n4)c3)cn2)n1. The Balaban J connectivity index is 1.53. The number of nitrogens with one attached hydrogen (secondary N) is 2. The van der Waals surface area contributed by atoms with E-state index in [1.807, 2.05) is 0 Å². The standard InChI is InChI=1S/C23H24N8O6/c1-4-24-22(34)20-28-23(37-30-20)17-10-26-19(11-25-17)36-16-8-14(7-15(9-16)35-13(2)12-32)21(33)27-18-5-6-31(3)29-18/h5-11,13,32H,4,12H2,1-3H3,(H,24,34)(H,27,29,33)/t13-/m0/s1. The summed E-state index contributed by atoms with van der Waals surface area (Å²) in [5.41, 5.74) is 0.469. The van der Waals surface area contributed by atoms with Crippen molar-refractivity contribution in [3.8, 4) is 29.0 Å². The van der Waals surface area contributed by atoms with Crippen molar-refractivity contribution < 1.29 is 28.7 Å². The van der Waals surface area contributed by atoms with Crippen molar-refractivity contribution in [3.05, 3.63) is 54.2 Å². The van der Waals surface area contributed by atoms with Crippen LogP contribution in [0.5, 0.6) is 17.4 Å². The molecule has 0 aliphatic carbocycles. The van der Waals surface area contributed by atoms with Crippen LogP contribution in [0.25, 0.3) is 11.6 Å². The zero-order valence-corrected chi connectivity index (χ0v) is 20.2. The van der Waals surface area contributed by atoms with E-state index >= 15 is 0 Å². The van der Waals surface area contributed by atoms with Crippen molar-refractivity contribution in [3.63, 3.8) is 0 Å². The zero-order valence-electron chi connectivity index (χ0n) is 20.2. The Bertz CT molecular complexity index is 1380. The third-order valence-electron chi connectivity index (χ3n) is 4.73. The molecule has 0 spiro atoms. The van der Waals surface area contributed by atoms with E-state index in [9.17, 15) is 14.7 Å². The van der Waals surface area contributed by atoms with Gasteiger partial charge >= 0.3 is 0 Å². The van der Waals surface area contributed by atoms with Crippen molar-refractivity contribution in [2.45, 2.75) is 20.0 Å². The summed E-state index contributed by atoms with van der Waals surface area (Å²) < 4.78 is 18.1. The van der Waals surface area contributed by atoms with Crippen LogP contribution in [-0.2, 0) is 7.05 Å². The van der Waals surface area contributed by atoms with Gasteiger partial charge < -0.3 is 29.7 Å². The first-order valence-electron chi connectivity index (χ1n) is 11.2. The highest BCUT2D eigenvalue weighted by Crippen LogP contribution is 2.28. The number of ether oxygens (including phenoxy) is 2. The minimum absolute atomic E-state index is 0.0159. The van der Waals surface area contributed by atoms with E-state index < -0.39 is 17.9 Å². The van der Waals surface area contributed by atoms with Gasteiger partial charge in [-0.25, -0.2) is 9.97 Å². The first kappa shape index (κ1) is 25.2. The van der Waals surface area contributed by atoms with Crippen LogP contribution in [0.15, 0.2) is 47.4 Å². The number of aryl methyl sites for hydroxylation is 1. The first-order chi connectivity index (χ1) is 17.8. The molecular weight excluding hydrogens is 484 g/mol. The fourth-order valence-electron chi connectivity index (χ4n) is 3.03. The van der Waals surface area contributed by atoms with Crippen LogP contribution in [-0.4, -0.2) is 66.1 Å². The third kappa shape index (κ3) is 6.43. The monoisotopic (exact) mass is 508 g/mol. The van der Waals surface area contributed by atoms with Crippen LogP contribution in [0.2, 0.25) is 0 Å². The van der Waals surface area contributed by atoms with Crippen LogP contribution in [0, 0.1) is 0 Å². The molecule has 0 saturated carbocycles. The molecule has 0 aliphatic heterocycles. The van der Waals surface area contributed by atoms with Crippen LogP contribution >= 0.6 is 0 Å². The van der Waals surface area contributed by atoms with Gasteiger partial charge in [0.15, 0.2) is 5.82 Å². The minimum Gasteiger partial charge on any atom is -0.488 e. The van der Waals surface area contributed by atoms with E-state index in [1.54, 1.807) is 43.9 Å². The van der Waals surface area contributed by atoms with Crippen LogP contribution in [0.1, 0.15) is 34.8 Å². The van der Waals surface area contributed by atoms with Crippen molar-refractivity contribution in [1.29, 1.82) is 0 Å². The number of anilines is 1. The summed E-state index contributed by atoms with van der Waals surface area (Å²) in [5.74, 6) is 0.0214. The molecule has 3 N–H and O–H groups in total. The van der Waals surface area contributed by atoms with Gasteiger partial charge in [0.2, 0.25) is 5.88 Å². The van der Waals surface area contributed by atoms with Gasteiger partial charge in [0, 0.05) is 37.5 Å². The Morgan fingerprint density at radius 3 is 2.65 bits per heavy atom. The van der Waals surface area contributed by atoms with Gasteiger partial charge in [0.05, 0.1) is 19.0 Å². The van der Waals surface area contributed by atoms with Gasteiger partial charge in [-0.05, 0) is 26.0 Å².